The number of aromatic nitrogens is 5. The molecule has 0 spiro atoms. The van der Waals surface area contributed by atoms with Crippen LogP contribution < -0.4 is 5.32 Å². The molecule has 3 N–H and O–H groups in total. The predicted octanol–water partition coefficient (Wildman–Crippen LogP) is 1.14. The molecular formula is C18H22N6O2. The van der Waals surface area contributed by atoms with Gasteiger partial charge >= 0.3 is 0 Å². The fourth-order valence-electron chi connectivity index (χ4n) is 3.41. The Morgan fingerprint density at radius 1 is 1.50 bits per heavy atom. The Morgan fingerprint density at radius 2 is 2.35 bits per heavy atom. The zero-order chi connectivity index (χ0) is 18.1. The van der Waals surface area contributed by atoms with Crippen LogP contribution >= 0.6 is 0 Å². The van der Waals surface area contributed by atoms with Crippen LogP contribution in [0.25, 0.3) is 11.0 Å². The molecule has 0 bridgehead atoms. The molecule has 3 aromatic rings. The number of aliphatic hydroxyl groups is 1. The van der Waals surface area contributed by atoms with Gasteiger partial charge in [0, 0.05) is 36.6 Å². The van der Waals surface area contributed by atoms with Gasteiger partial charge in [0.25, 0.3) is 0 Å². The lowest BCUT2D eigenvalue weighted by atomic mass is 9.86. The first-order chi connectivity index (χ1) is 12.6. The van der Waals surface area contributed by atoms with Gasteiger partial charge < -0.3 is 15.4 Å². The van der Waals surface area contributed by atoms with Crippen molar-refractivity contribution in [1.29, 1.82) is 0 Å². The van der Waals surface area contributed by atoms with E-state index in [9.17, 15) is 9.90 Å². The predicted molar refractivity (Wildman–Crippen MR) is 95.4 cm³/mol. The van der Waals surface area contributed by atoms with E-state index in [4.69, 9.17) is 0 Å². The highest BCUT2D eigenvalue weighted by atomic mass is 16.3. The van der Waals surface area contributed by atoms with E-state index >= 15 is 0 Å². The number of hydrogen-bond acceptors (Lipinski definition) is 5. The Labute approximate surface area is 150 Å². The molecule has 136 valence electrons. The lowest BCUT2D eigenvalue weighted by molar-refractivity contribution is -0.121. The SMILES string of the molecule is CC(O)Cc1cn(C2CC(NC(=O)Cc3c[nH]c4cccnc34)C2)nn1. The largest absolute Gasteiger partial charge is 0.393 e. The van der Waals surface area contributed by atoms with Gasteiger partial charge in [-0.3, -0.25) is 9.78 Å². The van der Waals surface area contributed by atoms with Gasteiger partial charge in [0.1, 0.15) is 0 Å². The van der Waals surface area contributed by atoms with Crippen LogP contribution in [0.2, 0.25) is 0 Å². The van der Waals surface area contributed by atoms with Crippen molar-refractivity contribution in [2.45, 2.75) is 50.8 Å². The molecule has 0 saturated heterocycles. The van der Waals surface area contributed by atoms with Crippen LogP contribution in [0.15, 0.2) is 30.7 Å². The summed E-state index contributed by atoms with van der Waals surface area (Å²) in [5.41, 5.74) is 3.49. The second-order valence-electron chi connectivity index (χ2n) is 7.02. The van der Waals surface area contributed by atoms with E-state index in [2.05, 4.69) is 25.6 Å². The second-order valence-corrected chi connectivity index (χ2v) is 7.02. The maximum Gasteiger partial charge on any atom is 0.224 e. The summed E-state index contributed by atoms with van der Waals surface area (Å²) in [5, 5.41) is 20.7. The lowest BCUT2D eigenvalue weighted by Crippen LogP contribution is -2.45. The number of H-pyrrole nitrogens is 1. The number of pyridine rings is 1. The lowest BCUT2D eigenvalue weighted by Gasteiger charge is -2.35. The standard InChI is InChI=1S/C18H22N6O2/c1-11(25)5-14-10-24(23-22-14)15-7-13(8-15)21-17(26)6-12-9-20-16-3-2-4-19-18(12)16/h2-4,9-11,13,15,20,25H,5-8H2,1H3,(H,21,26). The number of aromatic amines is 1. The van der Waals surface area contributed by atoms with Crippen LogP contribution in [0.3, 0.4) is 0 Å². The molecule has 26 heavy (non-hydrogen) atoms. The molecule has 3 aromatic heterocycles. The van der Waals surface area contributed by atoms with Crippen molar-refractivity contribution in [2.75, 3.05) is 0 Å². The van der Waals surface area contributed by atoms with Gasteiger partial charge in [0.15, 0.2) is 0 Å². The first kappa shape index (κ1) is 16.7. The summed E-state index contributed by atoms with van der Waals surface area (Å²) < 4.78 is 1.84. The number of carbonyl (C=O) groups excluding carboxylic acids is 1. The molecule has 0 aromatic carbocycles. The van der Waals surface area contributed by atoms with Crippen molar-refractivity contribution in [3.63, 3.8) is 0 Å². The minimum atomic E-state index is -0.424. The monoisotopic (exact) mass is 354 g/mol. The van der Waals surface area contributed by atoms with Crippen LogP contribution in [0, 0.1) is 0 Å². The van der Waals surface area contributed by atoms with Crippen molar-refractivity contribution in [3.8, 4) is 0 Å². The van der Waals surface area contributed by atoms with E-state index in [1.54, 1.807) is 13.1 Å². The molecule has 8 heteroatoms. The number of fused-ring (bicyclic) bond motifs is 1. The zero-order valence-corrected chi connectivity index (χ0v) is 14.6. The fourth-order valence-corrected chi connectivity index (χ4v) is 3.41. The number of nitrogens with zero attached hydrogens (tertiary/aromatic N) is 4. The number of hydrogen-bond donors (Lipinski definition) is 3. The van der Waals surface area contributed by atoms with Gasteiger partial charge in [-0.15, -0.1) is 5.10 Å². The summed E-state index contributed by atoms with van der Waals surface area (Å²) in [6.07, 6.45) is 7.55. The topological polar surface area (TPSA) is 109 Å². The van der Waals surface area contributed by atoms with Crippen LogP contribution in [-0.2, 0) is 17.6 Å². The van der Waals surface area contributed by atoms with E-state index in [1.165, 1.54) is 0 Å². The van der Waals surface area contributed by atoms with Gasteiger partial charge in [-0.05, 0) is 31.9 Å². The molecule has 0 radical (unpaired) electrons. The Bertz CT molecular complexity index is 909. The van der Waals surface area contributed by atoms with E-state index in [0.29, 0.717) is 12.8 Å². The highest BCUT2D eigenvalue weighted by Gasteiger charge is 2.32. The number of amides is 1. The zero-order valence-electron chi connectivity index (χ0n) is 14.6. The van der Waals surface area contributed by atoms with E-state index in [1.807, 2.05) is 29.2 Å². The first-order valence-electron chi connectivity index (χ1n) is 8.87. The average Bonchev–Trinajstić information content (AvgIpc) is 3.17. The van der Waals surface area contributed by atoms with Gasteiger partial charge in [-0.1, -0.05) is 5.21 Å². The summed E-state index contributed by atoms with van der Waals surface area (Å²) in [5.74, 6) is 0.00777. The molecule has 1 unspecified atom stereocenters. The molecule has 1 saturated carbocycles. The summed E-state index contributed by atoms with van der Waals surface area (Å²) in [6.45, 7) is 1.73. The Kier molecular flexibility index (Phi) is 4.42. The normalized spacial score (nSPS) is 20.7. The Hall–Kier alpha value is -2.74. The summed E-state index contributed by atoms with van der Waals surface area (Å²) >= 11 is 0. The van der Waals surface area contributed by atoms with Gasteiger partial charge in [-0.25, -0.2) is 4.68 Å². The molecule has 1 aliphatic rings. The second kappa shape index (κ2) is 6.87. The minimum Gasteiger partial charge on any atom is -0.393 e. The number of carbonyl (C=O) groups is 1. The molecule has 1 amide bonds. The molecule has 4 rings (SSSR count). The van der Waals surface area contributed by atoms with Crippen LogP contribution in [0.1, 0.15) is 37.1 Å². The van der Waals surface area contributed by atoms with Crippen molar-refractivity contribution in [2.24, 2.45) is 0 Å². The van der Waals surface area contributed by atoms with E-state index in [-0.39, 0.29) is 18.0 Å². The summed E-state index contributed by atoms with van der Waals surface area (Å²) in [7, 11) is 0. The van der Waals surface area contributed by atoms with Gasteiger partial charge in [-0.2, -0.15) is 0 Å². The molecule has 1 atom stereocenters. The van der Waals surface area contributed by atoms with E-state index in [0.717, 1.165) is 35.1 Å². The van der Waals surface area contributed by atoms with Crippen molar-refractivity contribution in [3.05, 3.63) is 42.0 Å². The van der Waals surface area contributed by atoms with Crippen LogP contribution in [0.4, 0.5) is 0 Å². The van der Waals surface area contributed by atoms with Crippen molar-refractivity contribution < 1.29 is 9.90 Å². The Morgan fingerprint density at radius 3 is 3.15 bits per heavy atom. The maximum absolute atomic E-state index is 12.3. The third kappa shape index (κ3) is 3.45. The van der Waals surface area contributed by atoms with Crippen LogP contribution in [0.5, 0.6) is 0 Å². The smallest absolute Gasteiger partial charge is 0.224 e. The highest BCUT2D eigenvalue weighted by molar-refractivity contribution is 5.86. The van der Waals surface area contributed by atoms with Gasteiger partial charge in [0.05, 0.1) is 35.3 Å². The number of rotatable bonds is 6. The molecule has 1 fully saturated rings. The van der Waals surface area contributed by atoms with Crippen molar-refractivity contribution in [1.82, 2.24) is 30.3 Å². The molecule has 0 aliphatic heterocycles. The minimum absolute atomic E-state index is 0.00777. The van der Waals surface area contributed by atoms with Crippen molar-refractivity contribution >= 4 is 16.9 Å². The Balaban J connectivity index is 1.28. The number of nitrogens with one attached hydrogen (secondary N) is 2. The van der Waals surface area contributed by atoms with Gasteiger partial charge in [0.2, 0.25) is 5.91 Å². The third-order valence-electron chi connectivity index (χ3n) is 4.78. The molecule has 8 nitrogen and oxygen atoms in total. The average molecular weight is 354 g/mol. The molecular weight excluding hydrogens is 332 g/mol. The van der Waals surface area contributed by atoms with E-state index < -0.39 is 6.10 Å². The first-order valence-corrected chi connectivity index (χ1v) is 8.87. The molecule has 1 aliphatic carbocycles. The summed E-state index contributed by atoms with van der Waals surface area (Å²) in [4.78, 5) is 19.8. The highest BCUT2D eigenvalue weighted by Crippen LogP contribution is 2.31. The number of aliphatic hydroxyl groups excluding tert-OH is 1. The fraction of sp³-hybridized carbons (Fsp3) is 0.444. The summed E-state index contributed by atoms with van der Waals surface area (Å²) in [6, 6.07) is 4.23. The molecule has 3 heterocycles. The van der Waals surface area contributed by atoms with Crippen LogP contribution in [-0.4, -0.2) is 48.1 Å². The maximum atomic E-state index is 12.3. The third-order valence-corrected chi connectivity index (χ3v) is 4.78. The quantitative estimate of drug-likeness (QED) is 0.615.